The quantitative estimate of drug-likeness (QED) is 0.279. The lowest BCUT2D eigenvalue weighted by molar-refractivity contribution is -0.118. The average molecular weight is 767 g/mol. The Kier molecular flexibility index (Phi) is 12.8. The van der Waals surface area contributed by atoms with Crippen molar-refractivity contribution in [1.82, 2.24) is 10.6 Å². The molecule has 2 spiro atoms. The van der Waals surface area contributed by atoms with Crippen molar-refractivity contribution in [1.29, 1.82) is 0 Å². The minimum Gasteiger partial charge on any atom is -0.509 e. The summed E-state index contributed by atoms with van der Waals surface area (Å²) in [6.07, 6.45) is 3.85. The number of hydrogen-bond donors (Lipinski definition) is 3. The fourth-order valence-corrected chi connectivity index (χ4v) is 7.94. The molecule has 280 valence electrons. The zero-order chi connectivity index (χ0) is 37.9. The van der Waals surface area contributed by atoms with Crippen LogP contribution in [0.3, 0.4) is 0 Å². The largest absolute Gasteiger partial charge is 0.509 e. The third-order valence-corrected chi connectivity index (χ3v) is 10.3. The van der Waals surface area contributed by atoms with E-state index < -0.39 is 31.5 Å². The zero-order valence-corrected chi connectivity index (χ0v) is 32.7. The predicted octanol–water partition coefficient (Wildman–Crippen LogP) is 4.99. The van der Waals surface area contributed by atoms with Crippen LogP contribution >= 0.6 is 10.7 Å². The Hall–Kier alpha value is -3.27. The van der Waals surface area contributed by atoms with Gasteiger partial charge < -0.3 is 29.4 Å². The molecule has 15 heteroatoms. The molecule has 0 radical (unpaired) electrons. The number of benzene rings is 2. The number of rotatable bonds is 5. The molecule has 0 aliphatic carbocycles. The van der Waals surface area contributed by atoms with E-state index in [0.717, 1.165) is 70.0 Å². The van der Waals surface area contributed by atoms with E-state index in [4.69, 9.17) is 24.3 Å². The van der Waals surface area contributed by atoms with E-state index in [1.165, 1.54) is 7.11 Å². The van der Waals surface area contributed by atoms with Gasteiger partial charge in [0.15, 0.2) is 5.76 Å². The molecule has 2 amide bonds. The fraction of sp³-hybridized carbons (Fsp3) is 0.500. The zero-order valence-electron chi connectivity index (χ0n) is 30.3. The van der Waals surface area contributed by atoms with Crippen LogP contribution in [-0.2, 0) is 47.8 Å². The third kappa shape index (κ3) is 9.03. The number of amides is 2. The molecule has 2 fully saturated rings. The highest BCUT2D eigenvalue weighted by Gasteiger charge is 2.50. The van der Waals surface area contributed by atoms with Gasteiger partial charge in [0.05, 0.1) is 37.7 Å². The number of aryl methyl sites for hydroxylation is 6. The molecule has 3 atom stereocenters. The lowest BCUT2D eigenvalue weighted by Gasteiger charge is -2.34. The number of carbonyl (C=O) groups excluding carboxylic acids is 2. The van der Waals surface area contributed by atoms with Crippen molar-refractivity contribution in [3.63, 3.8) is 0 Å². The van der Waals surface area contributed by atoms with E-state index in [9.17, 15) is 27.3 Å². The van der Waals surface area contributed by atoms with Gasteiger partial charge in [0, 0.05) is 23.9 Å². The molecule has 6 rings (SSSR count). The highest BCUT2D eigenvalue weighted by Crippen LogP contribution is 2.42. The van der Waals surface area contributed by atoms with Crippen molar-refractivity contribution in [2.75, 3.05) is 39.8 Å². The molecule has 0 bridgehead atoms. The summed E-state index contributed by atoms with van der Waals surface area (Å²) in [5.74, 6) is -0.218. The van der Waals surface area contributed by atoms with Crippen LogP contribution in [0.4, 0.5) is 0 Å². The van der Waals surface area contributed by atoms with Crippen molar-refractivity contribution in [3.8, 4) is 0 Å². The second kappa shape index (κ2) is 16.2. The van der Waals surface area contributed by atoms with E-state index in [2.05, 4.69) is 14.8 Å². The summed E-state index contributed by atoms with van der Waals surface area (Å²) in [5.41, 5.74) is 6.71. The highest BCUT2D eigenvalue weighted by atomic mass is 35.7. The van der Waals surface area contributed by atoms with Crippen LogP contribution in [0.15, 0.2) is 35.8 Å². The van der Waals surface area contributed by atoms with Crippen LogP contribution in [0.25, 0.3) is 11.1 Å². The third-order valence-electron chi connectivity index (χ3n) is 9.21. The summed E-state index contributed by atoms with van der Waals surface area (Å²) < 4.78 is 53.6. The monoisotopic (exact) mass is 766 g/mol. The molecule has 3 unspecified atom stereocenters. The van der Waals surface area contributed by atoms with Gasteiger partial charge in [0.25, 0.3) is 22.1 Å². The Balaban J connectivity index is 0.000000204. The van der Waals surface area contributed by atoms with Gasteiger partial charge in [-0.2, -0.15) is 8.42 Å². The SMILES string of the molecule is COS(=O)Cl.Cc1cc(C)c(C2=C(O)C3(CCCOC3)NC2=O)c(C)c1.Cc1cc(C)c(C2=C(OS(C)(=O)=O)C3(CCCOC3)NC2=O)c(C)c1. The van der Waals surface area contributed by atoms with Gasteiger partial charge in [0.1, 0.15) is 16.8 Å². The van der Waals surface area contributed by atoms with Gasteiger partial charge in [-0.1, -0.05) is 35.4 Å². The van der Waals surface area contributed by atoms with Gasteiger partial charge in [0.2, 0.25) is 0 Å². The topological polar surface area (TPSA) is 167 Å². The number of halogens is 1. The number of ether oxygens (including phenoxy) is 2. The molecule has 4 heterocycles. The normalized spacial score (nSPS) is 23.7. The van der Waals surface area contributed by atoms with Crippen LogP contribution in [0.2, 0.25) is 0 Å². The second-order valence-electron chi connectivity index (χ2n) is 13.5. The fourth-order valence-electron chi connectivity index (χ4n) is 7.40. The molecular formula is C36H47ClN2O10S2. The maximum atomic E-state index is 12.8. The van der Waals surface area contributed by atoms with Crippen molar-refractivity contribution < 1.29 is 45.2 Å². The van der Waals surface area contributed by atoms with Crippen molar-refractivity contribution in [3.05, 3.63) is 80.3 Å². The Morgan fingerprint density at radius 3 is 1.57 bits per heavy atom. The highest BCUT2D eigenvalue weighted by molar-refractivity contribution is 8.04. The lowest BCUT2D eigenvalue weighted by atomic mass is 9.88. The molecular weight excluding hydrogens is 720 g/mol. The predicted molar refractivity (Wildman–Crippen MR) is 197 cm³/mol. The summed E-state index contributed by atoms with van der Waals surface area (Å²) in [7, 11) is 0.592. The lowest BCUT2D eigenvalue weighted by Crippen LogP contribution is -2.51. The number of carbonyl (C=O) groups is 2. The molecule has 2 aromatic rings. The van der Waals surface area contributed by atoms with Crippen LogP contribution in [0.1, 0.15) is 70.2 Å². The van der Waals surface area contributed by atoms with Crippen molar-refractivity contribution in [2.45, 2.75) is 78.3 Å². The summed E-state index contributed by atoms with van der Waals surface area (Å²) in [5, 5.41) is 16.6. The van der Waals surface area contributed by atoms with Crippen LogP contribution in [0.5, 0.6) is 0 Å². The minimum atomic E-state index is -3.79. The first-order valence-electron chi connectivity index (χ1n) is 16.5. The maximum Gasteiger partial charge on any atom is 0.306 e. The van der Waals surface area contributed by atoms with Crippen LogP contribution < -0.4 is 10.6 Å². The summed E-state index contributed by atoms with van der Waals surface area (Å²) in [6.45, 7) is 13.6. The van der Waals surface area contributed by atoms with Crippen molar-refractivity contribution >= 4 is 54.1 Å². The minimum absolute atomic E-state index is 0.141. The van der Waals surface area contributed by atoms with Gasteiger partial charge >= 0.3 is 10.1 Å². The Labute approximate surface area is 307 Å². The first-order chi connectivity index (χ1) is 23.8. The van der Waals surface area contributed by atoms with Crippen LogP contribution in [0, 0.1) is 41.5 Å². The van der Waals surface area contributed by atoms with Gasteiger partial charge in [-0.3, -0.25) is 13.8 Å². The molecule has 3 N–H and O–H groups in total. The van der Waals surface area contributed by atoms with Crippen LogP contribution in [-0.4, -0.2) is 80.4 Å². The number of hydrogen-bond acceptors (Lipinski definition) is 10. The average Bonchev–Trinajstić information content (AvgIpc) is 3.40. The smallest absolute Gasteiger partial charge is 0.306 e. The Bertz CT molecular complexity index is 1850. The second-order valence-corrected chi connectivity index (χ2v) is 16.6. The van der Waals surface area contributed by atoms with E-state index in [-0.39, 0.29) is 29.9 Å². The first kappa shape index (κ1) is 40.5. The summed E-state index contributed by atoms with van der Waals surface area (Å²) in [6, 6.07) is 8.03. The maximum absolute atomic E-state index is 12.8. The summed E-state index contributed by atoms with van der Waals surface area (Å²) >= 11 is 0. The summed E-state index contributed by atoms with van der Waals surface area (Å²) in [4.78, 5) is 25.3. The standard InChI is InChI=1S/C18H23NO5S.C17H21NO3.CH3ClO2S/c1-11-8-12(2)14(13(3)9-11)15-16(24-25(4,21)22)18(19-17(15)20)6-5-7-23-10-18;1-10-7-11(2)13(12(3)8-10)14-15(19)17(18-16(14)20)5-4-6-21-9-17;1-4-5(2)3/h8-9H,5-7,10H2,1-4H3,(H,19,20);7-8,19H,4-6,9H2,1-3H3,(H,18,20);1H3. The molecule has 51 heavy (non-hydrogen) atoms. The van der Waals surface area contributed by atoms with E-state index >= 15 is 0 Å². The Morgan fingerprint density at radius 2 is 1.18 bits per heavy atom. The molecule has 0 saturated carbocycles. The van der Waals surface area contributed by atoms with Gasteiger partial charge in [-0.25, -0.2) is 4.21 Å². The van der Waals surface area contributed by atoms with Gasteiger partial charge in [-0.05, 0) is 101 Å². The number of aliphatic hydroxyl groups excluding tert-OH is 1. The Morgan fingerprint density at radius 1 is 0.784 bits per heavy atom. The molecule has 2 aromatic carbocycles. The number of nitrogens with one attached hydrogen (secondary N) is 2. The van der Waals surface area contributed by atoms with Gasteiger partial charge in [-0.15, -0.1) is 0 Å². The van der Waals surface area contributed by atoms with E-state index in [0.29, 0.717) is 37.4 Å². The van der Waals surface area contributed by atoms with E-state index in [1.807, 2.05) is 65.8 Å². The molecule has 4 aliphatic rings. The molecule has 2 saturated heterocycles. The van der Waals surface area contributed by atoms with E-state index in [1.54, 1.807) is 0 Å². The molecule has 12 nitrogen and oxygen atoms in total. The first-order valence-corrected chi connectivity index (χ1v) is 20.2. The number of aliphatic hydroxyl groups is 1. The molecule has 4 aliphatic heterocycles. The van der Waals surface area contributed by atoms with Crippen molar-refractivity contribution in [2.24, 2.45) is 0 Å². The molecule has 0 aromatic heterocycles.